The Bertz CT molecular complexity index is 1000. The molecule has 1 amide bonds. The Morgan fingerprint density at radius 1 is 1.38 bits per heavy atom. The number of ether oxygens (including phenoxy) is 1. The van der Waals surface area contributed by atoms with E-state index in [2.05, 4.69) is 4.98 Å². The zero-order valence-electron chi connectivity index (χ0n) is 15.9. The van der Waals surface area contributed by atoms with Gasteiger partial charge in [0.05, 0.1) is 15.9 Å². The Hall–Kier alpha value is -2.85. The standard InChI is InChI=1S/C19H21N3O6S/c1-29(26,27)18-9-15(8-16(10-18)22(24)25)19(23)21(13-17-5-3-7-28-17)12-14-4-2-6-20-11-14/h2,4,6,8-11,17H,3,5,7,12-13H2,1H3. The zero-order valence-corrected chi connectivity index (χ0v) is 16.7. The number of carbonyl (C=O) groups is 1. The summed E-state index contributed by atoms with van der Waals surface area (Å²) in [4.78, 5) is 29.1. The largest absolute Gasteiger partial charge is 0.376 e. The maximum Gasteiger partial charge on any atom is 0.271 e. The predicted molar refractivity (Wildman–Crippen MR) is 104 cm³/mol. The molecule has 0 spiro atoms. The van der Waals surface area contributed by atoms with Crippen molar-refractivity contribution in [3.8, 4) is 0 Å². The van der Waals surface area contributed by atoms with E-state index in [4.69, 9.17) is 4.74 Å². The second-order valence-corrected chi connectivity index (χ2v) is 8.94. The number of benzene rings is 1. The van der Waals surface area contributed by atoms with Crippen molar-refractivity contribution in [1.82, 2.24) is 9.88 Å². The SMILES string of the molecule is CS(=O)(=O)c1cc(C(=O)N(Cc2cccnc2)CC2CCCO2)cc([N+](=O)[O-])c1. The number of amides is 1. The molecule has 29 heavy (non-hydrogen) atoms. The van der Waals surface area contributed by atoms with Crippen LogP contribution in [0.15, 0.2) is 47.6 Å². The molecule has 1 aliphatic heterocycles. The van der Waals surface area contributed by atoms with Crippen LogP contribution in [0.1, 0.15) is 28.8 Å². The Morgan fingerprint density at radius 3 is 2.76 bits per heavy atom. The van der Waals surface area contributed by atoms with Crippen LogP contribution in [0.25, 0.3) is 0 Å². The predicted octanol–water partition coefficient (Wildman–Crippen LogP) is 2.21. The molecule has 154 valence electrons. The first-order chi connectivity index (χ1) is 13.7. The highest BCUT2D eigenvalue weighted by Crippen LogP contribution is 2.23. The lowest BCUT2D eigenvalue weighted by Crippen LogP contribution is -2.37. The van der Waals surface area contributed by atoms with Crippen molar-refractivity contribution < 1.29 is 22.9 Å². The summed E-state index contributed by atoms with van der Waals surface area (Å²) in [6.07, 6.45) is 5.76. The summed E-state index contributed by atoms with van der Waals surface area (Å²) < 4.78 is 29.5. The van der Waals surface area contributed by atoms with Gasteiger partial charge in [0.2, 0.25) is 0 Å². The molecule has 10 heteroatoms. The number of nitro benzene ring substituents is 1. The molecule has 1 fully saturated rings. The number of nitro groups is 1. The lowest BCUT2D eigenvalue weighted by molar-refractivity contribution is -0.385. The molecule has 1 atom stereocenters. The van der Waals surface area contributed by atoms with Gasteiger partial charge < -0.3 is 9.64 Å². The molecule has 0 N–H and O–H groups in total. The summed E-state index contributed by atoms with van der Waals surface area (Å²) in [5.41, 5.74) is 0.281. The minimum atomic E-state index is -3.73. The summed E-state index contributed by atoms with van der Waals surface area (Å²) in [6.45, 7) is 1.14. The van der Waals surface area contributed by atoms with Gasteiger partial charge in [-0.25, -0.2) is 8.42 Å². The molecular weight excluding hydrogens is 398 g/mol. The van der Waals surface area contributed by atoms with Gasteiger partial charge >= 0.3 is 0 Å². The zero-order chi connectivity index (χ0) is 21.0. The molecule has 0 radical (unpaired) electrons. The summed E-state index contributed by atoms with van der Waals surface area (Å²) in [5.74, 6) is -0.502. The number of pyridine rings is 1. The van der Waals surface area contributed by atoms with E-state index in [-0.39, 0.29) is 23.1 Å². The minimum absolute atomic E-state index is 0.0542. The van der Waals surface area contributed by atoms with E-state index in [0.717, 1.165) is 36.8 Å². The van der Waals surface area contributed by atoms with E-state index in [0.29, 0.717) is 13.2 Å². The second-order valence-electron chi connectivity index (χ2n) is 6.93. The third-order valence-corrected chi connectivity index (χ3v) is 5.70. The third-order valence-electron chi connectivity index (χ3n) is 4.61. The summed E-state index contributed by atoms with van der Waals surface area (Å²) in [5, 5.41) is 11.3. The molecule has 0 aliphatic carbocycles. The van der Waals surface area contributed by atoms with Crippen LogP contribution in [0.2, 0.25) is 0 Å². The van der Waals surface area contributed by atoms with E-state index in [1.54, 1.807) is 18.5 Å². The van der Waals surface area contributed by atoms with Crippen LogP contribution in [0.5, 0.6) is 0 Å². The van der Waals surface area contributed by atoms with E-state index in [1.165, 1.54) is 11.0 Å². The Labute approximate surface area is 168 Å². The molecule has 3 rings (SSSR count). The molecular formula is C19H21N3O6S. The van der Waals surface area contributed by atoms with Gasteiger partial charge in [0.25, 0.3) is 11.6 Å². The smallest absolute Gasteiger partial charge is 0.271 e. The lowest BCUT2D eigenvalue weighted by atomic mass is 10.1. The number of nitrogens with zero attached hydrogens (tertiary/aromatic N) is 3. The van der Waals surface area contributed by atoms with Gasteiger partial charge in [-0.2, -0.15) is 0 Å². The first-order valence-corrected chi connectivity index (χ1v) is 10.9. The molecule has 0 bridgehead atoms. The average molecular weight is 419 g/mol. The fourth-order valence-electron chi connectivity index (χ4n) is 3.17. The van der Waals surface area contributed by atoms with E-state index < -0.39 is 26.4 Å². The van der Waals surface area contributed by atoms with Crippen LogP contribution in [-0.4, -0.2) is 54.6 Å². The number of hydrogen-bond donors (Lipinski definition) is 0. The maximum atomic E-state index is 13.2. The summed E-state index contributed by atoms with van der Waals surface area (Å²) in [7, 11) is -3.73. The highest BCUT2D eigenvalue weighted by molar-refractivity contribution is 7.90. The highest BCUT2D eigenvalue weighted by atomic mass is 32.2. The topological polar surface area (TPSA) is 120 Å². The second kappa shape index (κ2) is 8.66. The first-order valence-electron chi connectivity index (χ1n) is 9.03. The van der Waals surface area contributed by atoms with Gasteiger partial charge in [-0.3, -0.25) is 19.9 Å². The first kappa shape index (κ1) is 20.9. The van der Waals surface area contributed by atoms with Crippen LogP contribution in [-0.2, 0) is 21.1 Å². The van der Waals surface area contributed by atoms with Gasteiger partial charge in [-0.1, -0.05) is 6.07 Å². The normalized spacial score (nSPS) is 16.5. The number of aromatic nitrogens is 1. The maximum absolute atomic E-state index is 13.2. The number of carbonyl (C=O) groups excluding carboxylic acids is 1. The van der Waals surface area contributed by atoms with Gasteiger partial charge in [0.1, 0.15) is 0 Å². The lowest BCUT2D eigenvalue weighted by Gasteiger charge is -2.25. The monoisotopic (exact) mass is 419 g/mol. The fraction of sp³-hybridized carbons (Fsp3) is 0.368. The third kappa shape index (κ3) is 5.36. The van der Waals surface area contributed by atoms with Crippen LogP contribution in [0, 0.1) is 10.1 Å². The summed E-state index contributed by atoms with van der Waals surface area (Å²) in [6, 6.07) is 6.80. The molecule has 1 aliphatic rings. The quantitative estimate of drug-likeness (QED) is 0.498. The molecule has 0 saturated carbocycles. The van der Waals surface area contributed by atoms with Crippen molar-refractivity contribution in [3.63, 3.8) is 0 Å². The van der Waals surface area contributed by atoms with Crippen molar-refractivity contribution in [1.29, 1.82) is 0 Å². The highest BCUT2D eigenvalue weighted by Gasteiger charge is 2.26. The molecule has 9 nitrogen and oxygen atoms in total. The molecule has 1 unspecified atom stereocenters. The van der Waals surface area contributed by atoms with Crippen molar-refractivity contribution >= 4 is 21.4 Å². The van der Waals surface area contributed by atoms with Crippen molar-refractivity contribution in [2.75, 3.05) is 19.4 Å². The average Bonchev–Trinajstić information content (AvgIpc) is 3.20. The molecule has 2 heterocycles. The Kier molecular flexibility index (Phi) is 6.23. The van der Waals surface area contributed by atoms with Gasteiger partial charge in [0, 0.05) is 56.0 Å². The van der Waals surface area contributed by atoms with Gasteiger partial charge in [0.15, 0.2) is 9.84 Å². The molecule has 2 aromatic rings. The molecule has 1 aromatic carbocycles. The van der Waals surface area contributed by atoms with Crippen molar-refractivity contribution in [2.24, 2.45) is 0 Å². The Balaban J connectivity index is 1.97. The molecule has 1 saturated heterocycles. The Morgan fingerprint density at radius 2 is 2.17 bits per heavy atom. The fourth-order valence-corrected chi connectivity index (χ4v) is 3.85. The number of hydrogen-bond acceptors (Lipinski definition) is 7. The summed E-state index contributed by atoms with van der Waals surface area (Å²) >= 11 is 0. The van der Waals surface area contributed by atoms with Crippen LogP contribution in [0.3, 0.4) is 0 Å². The number of rotatable bonds is 7. The van der Waals surface area contributed by atoms with Crippen molar-refractivity contribution in [2.45, 2.75) is 30.4 Å². The number of sulfone groups is 1. The van der Waals surface area contributed by atoms with Crippen LogP contribution in [0.4, 0.5) is 5.69 Å². The van der Waals surface area contributed by atoms with Gasteiger partial charge in [-0.05, 0) is 30.5 Å². The molecule has 1 aromatic heterocycles. The van der Waals surface area contributed by atoms with Crippen LogP contribution >= 0.6 is 0 Å². The van der Waals surface area contributed by atoms with Crippen LogP contribution < -0.4 is 0 Å². The van der Waals surface area contributed by atoms with Crippen molar-refractivity contribution in [3.05, 3.63) is 64.0 Å². The van der Waals surface area contributed by atoms with Gasteiger partial charge in [-0.15, -0.1) is 0 Å². The number of non-ortho nitro benzene ring substituents is 1. The van der Waals surface area contributed by atoms with E-state index >= 15 is 0 Å². The minimum Gasteiger partial charge on any atom is -0.376 e. The van der Waals surface area contributed by atoms with E-state index in [9.17, 15) is 23.3 Å². The van der Waals surface area contributed by atoms with E-state index in [1.807, 2.05) is 6.07 Å².